The van der Waals surface area contributed by atoms with Gasteiger partial charge in [0, 0.05) is 43.2 Å². The largest absolute Gasteiger partial charge is 0.330 e. The smallest absolute Gasteiger partial charge is 0.0577 e. The van der Waals surface area contributed by atoms with E-state index in [1.54, 1.807) is 0 Å². The molecule has 0 fully saturated rings. The molecule has 0 aliphatic heterocycles. The molecule has 0 aromatic carbocycles. The third-order valence-electron chi connectivity index (χ3n) is 3.98. The molecule has 5 heteroatoms. The van der Waals surface area contributed by atoms with Crippen molar-refractivity contribution in [3.63, 3.8) is 0 Å². The van der Waals surface area contributed by atoms with Gasteiger partial charge >= 0.3 is 0 Å². The van der Waals surface area contributed by atoms with Crippen LogP contribution in [0.1, 0.15) is 28.8 Å². The van der Waals surface area contributed by atoms with Crippen molar-refractivity contribution in [3.05, 3.63) is 89.8 Å². The highest BCUT2D eigenvalue weighted by Crippen LogP contribution is 2.16. The molecule has 3 aromatic heterocycles. The highest BCUT2D eigenvalue weighted by atomic mass is 15.0. The molecule has 3 aromatic rings. The molecule has 0 aliphatic carbocycles. The number of aromatic nitrogens is 3. The van der Waals surface area contributed by atoms with Crippen LogP contribution >= 0.6 is 0 Å². The van der Waals surface area contributed by atoms with E-state index in [2.05, 4.69) is 20.3 Å². The first kappa shape index (κ1) is 17.2. The molecule has 3 N–H and O–H groups in total. The Bertz CT molecular complexity index is 761. The van der Waals surface area contributed by atoms with Crippen molar-refractivity contribution in [2.75, 3.05) is 6.54 Å². The summed E-state index contributed by atoms with van der Waals surface area (Å²) in [5, 5.41) is 3.57. The maximum atomic E-state index is 5.62. The monoisotopic (exact) mass is 333 g/mol. The first-order valence-corrected chi connectivity index (χ1v) is 8.54. The summed E-state index contributed by atoms with van der Waals surface area (Å²) in [6.45, 7) is 1.28. The van der Waals surface area contributed by atoms with E-state index in [-0.39, 0.29) is 6.04 Å². The molecule has 0 amide bonds. The summed E-state index contributed by atoms with van der Waals surface area (Å²) in [6, 6.07) is 18.1. The molecule has 0 radical (unpaired) electrons. The fourth-order valence-corrected chi connectivity index (χ4v) is 2.73. The maximum Gasteiger partial charge on any atom is 0.0577 e. The zero-order valence-electron chi connectivity index (χ0n) is 14.2. The lowest BCUT2D eigenvalue weighted by molar-refractivity contribution is 0.508. The summed E-state index contributed by atoms with van der Waals surface area (Å²) in [4.78, 5) is 13.6. The number of nitrogens with one attached hydrogen (secondary N) is 1. The maximum absolute atomic E-state index is 5.62. The standard InChI is InChI=1S/C20H23N5/c21-11-10-16-7-5-8-18(25-16)15-24-20(19-9-2-4-13-23-19)14-17-6-1-3-12-22-17/h1-9,12-13,20,24H,10-11,14-15,21H2. The predicted octanol–water partition coefficient (Wildman–Crippen LogP) is 2.45. The molecule has 0 saturated heterocycles. The Hall–Kier alpha value is -2.63. The van der Waals surface area contributed by atoms with Gasteiger partial charge in [0.25, 0.3) is 0 Å². The van der Waals surface area contributed by atoms with Gasteiger partial charge in [-0.05, 0) is 42.9 Å². The van der Waals surface area contributed by atoms with Crippen molar-refractivity contribution in [2.24, 2.45) is 5.73 Å². The van der Waals surface area contributed by atoms with E-state index in [4.69, 9.17) is 5.73 Å². The Morgan fingerprint density at radius 1 is 0.840 bits per heavy atom. The fourth-order valence-electron chi connectivity index (χ4n) is 2.73. The molecular weight excluding hydrogens is 310 g/mol. The van der Waals surface area contributed by atoms with E-state index in [1.807, 2.05) is 67.0 Å². The Morgan fingerprint density at radius 3 is 2.32 bits per heavy atom. The average molecular weight is 333 g/mol. The molecule has 0 saturated carbocycles. The summed E-state index contributed by atoms with van der Waals surface area (Å²) >= 11 is 0. The summed E-state index contributed by atoms with van der Waals surface area (Å²) < 4.78 is 0. The number of nitrogens with zero attached hydrogens (tertiary/aromatic N) is 3. The lowest BCUT2D eigenvalue weighted by atomic mass is 10.1. The minimum atomic E-state index is 0.0797. The number of rotatable bonds is 8. The van der Waals surface area contributed by atoms with Gasteiger partial charge in [-0.3, -0.25) is 15.0 Å². The van der Waals surface area contributed by atoms with Crippen molar-refractivity contribution in [1.29, 1.82) is 0 Å². The number of pyridine rings is 3. The Balaban J connectivity index is 1.72. The van der Waals surface area contributed by atoms with Crippen LogP contribution in [0, 0.1) is 0 Å². The zero-order valence-corrected chi connectivity index (χ0v) is 14.2. The summed E-state index contributed by atoms with van der Waals surface area (Å²) in [7, 11) is 0. The van der Waals surface area contributed by atoms with Crippen LogP contribution in [-0.2, 0) is 19.4 Å². The second kappa shape index (κ2) is 9.01. The van der Waals surface area contributed by atoms with Gasteiger partial charge in [0.1, 0.15) is 0 Å². The Morgan fingerprint density at radius 2 is 1.60 bits per heavy atom. The quantitative estimate of drug-likeness (QED) is 0.662. The van der Waals surface area contributed by atoms with Crippen molar-refractivity contribution in [3.8, 4) is 0 Å². The highest BCUT2D eigenvalue weighted by Gasteiger charge is 2.14. The van der Waals surface area contributed by atoms with Crippen LogP contribution in [0.2, 0.25) is 0 Å². The summed E-state index contributed by atoms with van der Waals surface area (Å²) in [5.74, 6) is 0. The van der Waals surface area contributed by atoms with Crippen molar-refractivity contribution in [1.82, 2.24) is 20.3 Å². The molecule has 0 bridgehead atoms. The van der Waals surface area contributed by atoms with Crippen LogP contribution in [0.4, 0.5) is 0 Å². The SMILES string of the molecule is NCCc1cccc(CNC(Cc2ccccn2)c2ccccn2)n1. The Kier molecular flexibility index (Phi) is 6.20. The lowest BCUT2D eigenvalue weighted by Crippen LogP contribution is -2.24. The highest BCUT2D eigenvalue weighted by molar-refractivity contribution is 5.15. The third kappa shape index (κ3) is 5.17. The van der Waals surface area contributed by atoms with E-state index >= 15 is 0 Å². The number of hydrogen-bond acceptors (Lipinski definition) is 5. The van der Waals surface area contributed by atoms with E-state index in [9.17, 15) is 0 Å². The van der Waals surface area contributed by atoms with Gasteiger partial charge in [-0.15, -0.1) is 0 Å². The van der Waals surface area contributed by atoms with Crippen molar-refractivity contribution >= 4 is 0 Å². The molecule has 25 heavy (non-hydrogen) atoms. The van der Waals surface area contributed by atoms with Crippen LogP contribution < -0.4 is 11.1 Å². The van der Waals surface area contributed by atoms with E-state index in [0.717, 1.165) is 35.6 Å². The average Bonchev–Trinajstić information content (AvgIpc) is 2.67. The van der Waals surface area contributed by atoms with Crippen molar-refractivity contribution < 1.29 is 0 Å². The molecule has 5 nitrogen and oxygen atoms in total. The normalized spacial score (nSPS) is 12.0. The van der Waals surface area contributed by atoms with Crippen molar-refractivity contribution in [2.45, 2.75) is 25.4 Å². The molecule has 3 heterocycles. The topological polar surface area (TPSA) is 76.7 Å². The van der Waals surface area contributed by atoms with Gasteiger partial charge in [-0.25, -0.2) is 0 Å². The second-order valence-corrected chi connectivity index (χ2v) is 5.87. The zero-order chi connectivity index (χ0) is 17.3. The lowest BCUT2D eigenvalue weighted by Gasteiger charge is -2.18. The van der Waals surface area contributed by atoms with Crippen LogP contribution in [0.5, 0.6) is 0 Å². The molecule has 0 spiro atoms. The first-order chi connectivity index (χ1) is 12.3. The van der Waals surface area contributed by atoms with E-state index < -0.39 is 0 Å². The molecule has 1 unspecified atom stereocenters. The van der Waals surface area contributed by atoms with E-state index in [1.165, 1.54) is 0 Å². The third-order valence-corrected chi connectivity index (χ3v) is 3.98. The van der Waals surface area contributed by atoms with Gasteiger partial charge in [0.15, 0.2) is 0 Å². The van der Waals surface area contributed by atoms with Crippen LogP contribution in [0.25, 0.3) is 0 Å². The Labute approximate surface area is 148 Å². The summed E-state index contributed by atoms with van der Waals surface area (Å²) in [5.41, 5.74) is 9.70. The predicted molar refractivity (Wildman–Crippen MR) is 98.8 cm³/mol. The fraction of sp³-hybridized carbons (Fsp3) is 0.250. The van der Waals surface area contributed by atoms with Crippen LogP contribution in [0.15, 0.2) is 67.0 Å². The van der Waals surface area contributed by atoms with Crippen LogP contribution in [0.3, 0.4) is 0 Å². The molecule has 128 valence electrons. The van der Waals surface area contributed by atoms with Gasteiger partial charge in [-0.1, -0.05) is 18.2 Å². The number of nitrogens with two attached hydrogens (primary N) is 1. The van der Waals surface area contributed by atoms with Gasteiger partial charge in [0.05, 0.1) is 17.4 Å². The molecular formula is C20H23N5. The number of hydrogen-bond donors (Lipinski definition) is 2. The minimum Gasteiger partial charge on any atom is -0.330 e. The van der Waals surface area contributed by atoms with Gasteiger partial charge < -0.3 is 11.1 Å². The van der Waals surface area contributed by atoms with Crippen LogP contribution in [-0.4, -0.2) is 21.5 Å². The van der Waals surface area contributed by atoms with Gasteiger partial charge in [0.2, 0.25) is 0 Å². The minimum absolute atomic E-state index is 0.0797. The summed E-state index contributed by atoms with van der Waals surface area (Å²) in [6.07, 6.45) is 5.22. The van der Waals surface area contributed by atoms with E-state index in [0.29, 0.717) is 13.1 Å². The second-order valence-electron chi connectivity index (χ2n) is 5.87. The molecule has 0 aliphatic rings. The molecule has 1 atom stereocenters. The first-order valence-electron chi connectivity index (χ1n) is 8.54. The molecule has 3 rings (SSSR count). The van der Waals surface area contributed by atoms with Gasteiger partial charge in [-0.2, -0.15) is 0 Å².